The van der Waals surface area contributed by atoms with Crippen molar-refractivity contribution in [2.45, 2.75) is 19.1 Å². The maximum Gasteiger partial charge on any atom is 0.418 e. The zero-order valence-corrected chi connectivity index (χ0v) is 7.99. The van der Waals surface area contributed by atoms with Crippen LogP contribution in [0.4, 0.5) is 18.9 Å². The monoisotopic (exact) mass is 216 g/mol. The predicted molar refractivity (Wildman–Crippen MR) is 51.3 cm³/mol. The minimum absolute atomic E-state index is 0.132. The molecule has 5 heteroatoms. The fraction of sp³-hybridized carbons (Fsp3) is 0.400. The lowest BCUT2D eigenvalue weighted by Gasteiger charge is -2.21. The van der Waals surface area contributed by atoms with Gasteiger partial charge in [0.05, 0.1) is 5.56 Å². The Labute approximate surface area is 85.3 Å². The Morgan fingerprint density at radius 3 is 2.67 bits per heavy atom. The molecule has 0 aromatic heterocycles. The van der Waals surface area contributed by atoms with Gasteiger partial charge in [0.2, 0.25) is 0 Å². The topological polar surface area (TPSA) is 38.0 Å². The van der Waals surface area contributed by atoms with Crippen LogP contribution in [0.2, 0.25) is 0 Å². The molecule has 82 valence electrons. The first-order chi connectivity index (χ1) is 7.00. The number of alkyl halides is 3. The Hall–Kier alpha value is -1.23. The molecule has 0 spiro atoms. The summed E-state index contributed by atoms with van der Waals surface area (Å²) in [7, 11) is 0. The highest BCUT2D eigenvalue weighted by Crippen LogP contribution is 2.36. The second-order valence-corrected chi connectivity index (χ2v) is 3.59. The molecule has 15 heavy (non-hydrogen) atoms. The minimum Gasteiger partial charge on any atom is -0.398 e. The summed E-state index contributed by atoms with van der Waals surface area (Å²) in [6, 6.07) is 2.59. The molecule has 0 bridgehead atoms. The molecule has 1 aromatic rings. The van der Waals surface area contributed by atoms with Gasteiger partial charge in [-0.2, -0.15) is 13.2 Å². The van der Waals surface area contributed by atoms with E-state index in [0.717, 1.165) is 24.6 Å². The number of halogens is 3. The van der Waals surface area contributed by atoms with Crippen molar-refractivity contribution >= 4 is 5.69 Å². The molecule has 1 aliphatic heterocycles. The van der Waals surface area contributed by atoms with Crippen molar-refractivity contribution in [1.82, 2.24) is 5.32 Å². The van der Waals surface area contributed by atoms with Crippen LogP contribution in [0.25, 0.3) is 0 Å². The predicted octanol–water partition coefficient (Wildman–Crippen LogP) is 1.93. The first-order valence-corrected chi connectivity index (χ1v) is 4.68. The van der Waals surface area contributed by atoms with E-state index >= 15 is 0 Å². The number of hydrogen-bond donors (Lipinski definition) is 2. The van der Waals surface area contributed by atoms with Gasteiger partial charge in [0.25, 0.3) is 0 Å². The molecule has 0 amide bonds. The van der Waals surface area contributed by atoms with E-state index in [1.165, 1.54) is 6.07 Å². The highest BCUT2D eigenvalue weighted by atomic mass is 19.4. The number of nitrogens with one attached hydrogen (secondary N) is 1. The van der Waals surface area contributed by atoms with Crippen molar-refractivity contribution in [3.63, 3.8) is 0 Å². The van der Waals surface area contributed by atoms with Crippen LogP contribution in [-0.4, -0.2) is 6.54 Å². The lowest BCUT2D eigenvalue weighted by atomic mass is 9.96. The summed E-state index contributed by atoms with van der Waals surface area (Å²) in [6.45, 7) is 1.21. The lowest BCUT2D eigenvalue weighted by Crippen LogP contribution is -2.26. The van der Waals surface area contributed by atoms with Crippen molar-refractivity contribution in [2.24, 2.45) is 0 Å². The Balaban J connectivity index is 2.53. The van der Waals surface area contributed by atoms with Crippen LogP contribution in [0, 0.1) is 0 Å². The maximum absolute atomic E-state index is 12.5. The molecule has 0 saturated heterocycles. The number of anilines is 1. The molecule has 0 aliphatic carbocycles. The summed E-state index contributed by atoms with van der Waals surface area (Å²) < 4.78 is 37.6. The molecule has 0 atom stereocenters. The van der Waals surface area contributed by atoms with Gasteiger partial charge in [-0.15, -0.1) is 0 Å². The van der Waals surface area contributed by atoms with Gasteiger partial charge in [0.1, 0.15) is 0 Å². The molecule has 1 aliphatic rings. The molecule has 0 unspecified atom stereocenters. The SMILES string of the molecule is Nc1c(C(F)(F)F)ccc2c1CNCC2. The summed E-state index contributed by atoms with van der Waals surface area (Å²) >= 11 is 0. The summed E-state index contributed by atoms with van der Waals surface area (Å²) in [5.41, 5.74) is 6.18. The normalized spacial score (nSPS) is 16.2. The molecule has 1 heterocycles. The summed E-state index contributed by atoms with van der Waals surface area (Å²) in [5.74, 6) is 0. The standard InChI is InChI=1S/C10H11F3N2/c11-10(12,13)8-2-1-6-3-4-15-5-7(6)9(8)14/h1-2,15H,3-5,14H2. The first-order valence-electron chi connectivity index (χ1n) is 4.68. The minimum atomic E-state index is -4.36. The third kappa shape index (κ3) is 1.79. The van der Waals surface area contributed by atoms with Gasteiger partial charge in [-0.1, -0.05) is 6.07 Å². The zero-order valence-electron chi connectivity index (χ0n) is 7.99. The number of nitrogen functional groups attached to an aromatic ring is 1. The van der Waals surface area contributed by atoms with Crippen molar-refractivity contribution < 1.29 is 13.2 Å². The Morgan fingerprint density at radius 2 is 2.00 bits per heavy atom. The van der Waals surface area contributed by atoms with Gasteiger partial charge in [0.15, 0.2) is 0 Å². The van der Waals surface area contributed by atoms with Gasteiger partial charge < -0.3 is 11.1 Å². The second-order valence-electron chi connectivity index (χ2n) is 3.59. The molecule has 1 aromatic carbocycles. The van der Waals surface area contributed by atoms with Crippen molar-refractivity contribution in [3.8, 4) is 0 Å². The van der Waals surface area contributed by atoms with Crippen LogP contribution in [0.15, 0.2) is 12.1 Å². The van der Waals surface area contributed by atoms with E-state index in [4.69, 9.17) is 5.73 Å². The Bertz CT molecular complexity index is 385. The van der Waals surface area contributed by atoms with Crippen LogP contribution in [0.3, 0.4) is 0 Å². The van der Waals surface area contributed by atoms with Crippen molar-refractivity contribution in [1.29, 1.82) is 0 Å². The van der Waals surface area contributed by atoms with Gasteiger partial charge >= 0.3 is 6.18 Å². The van der Waals surface area contributed by atoms with Crippen molar-refractivity contribution in [2.75, 3.05) is 12.3 Å². The van der Waals surface area contributed by atoms with Gasteiger partial charge in [-0.25, -0.2) is 0 Å². The van der Waals surface area contributed by atoms with E-state index in [9.17, 15) is 13.2 Å². The van der Waals surface area contributed by atoms with Crippen molar-refractivity contribution in [3.05, 3.63) is 28.8 Å². The first kappa shape index (κ1) is 10.3. The lowest BCUT2D eigenvalue weighted by molar-refractivity contribution is -0.136. The van der Waals surface area contributed by atoms with E-state index < -0.39 is 11.7 Å². The summed E-state index contributed by atoms with van der Waals surface area (Å²) in [5, 5.41) is 3.01. The number of fused-ring (bicyclic) bond motifs is 1. The van der Waals surface area contributed by atoms with E-state index in [-0.39, 0.29) is 5.69 Å². The summed E-state index contributed by atoms with van der Waals surface area (Å²) in [6.07, 6.45) is -3.63. The second kappa shape index (κ2) is 3.41. The molecular formula is C10H11F3N2. The van der Waals surface area contributed by atoms with Gasteiger partial charge in [0, 0.05) is 12.2 Å². The molecule has 0 radical (unpaired) electrons. The molecule has 2 rings (SSSR count). The third-order valence-electron chi connectivity index (χ3n) is 2.63. The van der Waals surface area contributed by atoms with E-state index in [1.807, 2.05) is 0 Å². The molecule has 3 N–H and O–H groups in total. The highest BCUT2D eigenvalue weighted by molar-refractivity contribution is 5.59. The average Bonchev–Trinajstić information content (AvgIpc) is 2.16. The van der Waals surface area contributed by atoms with E-state index in [1.54, 1.807) is 0 Å². The Kier molecular flexibility index (Phi) is 2.34. The fourth-order valence-electron chi connectivity index (χ4n) is 1.84. The quantitative estimate of drug-likeness (QED) is 0.650. The number of hydrogen-bond acceptors (Lipinski definition) is 2. The van der Waals surface area contributed by atoms with Crippen LogP contribution < -0.4 is 11.1 Å². The number of benzene rings is 1. The molecule has 0 fully saturated rings. The van der Waals surface area contributed by atoms with Crippen LogP contribution >= 0.6 is 0 Å². The zero-order chi connectivity index (χ0) is 11.1. The molecular weight excluding hydrogens is 205 g/mol. The average molecular weight is 216 g/mol. The number of nitrogens with two attached hydrogens (primary N) is 1. The van der Waals surface area contributed by atoms with Gasteiger partial charge in [-0.3, -0.25) is 0 Å². The fourth-order valence-corrected chi connectivity index (χ4v) is 1.84. The largest absolute Gasteiger partial charge is 0.418 e. The van der Waals surface area contributed by atoms with E-state index in [0.29, 0.717) is 12.1 Å². The third-order valence-corrected chi connectivity index (χ3v) is 2.63. The smallest absolute Gasteiger partial charge is 0.398 e. The maximum atomic E-state index is 12.5. The van der Waals surface area contributed by atoms with Crippen LogP contribution in [0.5, 0.6) is 0 Å². The highest BCUT2D eigenvalue weighted by Gasteiger charge is 2.34. The van der Waals surface area contributed by atoms with Crippen LogP contribution in [-0.2, 0) is 19.1 Å². The van der Waals surface area contributed by atoms with Gasteiger partial charge in [-0.05, 0) is 30.2 Å². The number of rotatable bonds is 0. The van der Waals surface area contributed by atoms with Crippen LogP contribution in [0.1, 0.15) is 16.7 Å². The van der Waals surface area contributed by atoms with E-state index in [2.05, 4.69) is 5.32 Å². The Morgan fingerprint density at radius 1 is 1.27 bits per heavy atom. The molecule has 0 saturated carbocycles. The summed E-state index contributed by atoms with van der Waals surface area (Å²) in [4.78, 5) is 0. The molecule has 2 nitrogen and oxygen atoms in total.